The van der Waals surface area contributed by atoms with E-state index in [9.17, 15) is 31.2 Å². The Morgan fingerprint density at radius 3 is 2.42 bits per heavy atom. The molecule has 4 atom stereocenters. The number of rotatable bonds is 6. The zero-order chi connectivity index (χ0) is 20.1. The molecule has 0 aromatic heterocycles. The van der Waals surface area contributed by atoms with E-state index >= 15 is 0 Å². The molecule has 2 aliphatic heterocycles. The van der Waals surface area contributed by atoms with Gasteiger partial charge in [0.25, 0.3) is 10.1 Å². The zero-order valence-electron chi connectivity index (χ0n) is 14.5. The minimum Gasteiger partial charge on any atom is -0.464 e. The predicted octanol–water partition coefficient (Wildman–Crippen LogP) is -1.47. The van der Waals surface area contributed by atoms with Gasteiger partial charge in [-0.15, -0.1) is 0 Å². The standard InChI is InChI=1S/C13H19NO10S2/c1-7(15)22-6-13(3)11(12(17)23-8(2)24-25(4,18)19)14-9(16)5-10(14)26(13,20)21/h8,10-11H,5-6H2,1-4H3/t8?,10-,11+,13+/m1/s1. The topological polar surface area (TPSA) is 150 Å². The maximum absolute atomic E-state index is 12.7. The molecule has 11 nitrogen and oxygen atoms in total. The first-order valence-electron chi connectivity index (χ1n) is 7.47. The van der Waals surface area contributed by atoms with E-state index in [0.717, 1.165) is 25.0 Å². The van der Waals surface area contributed by atoms with Gasteiger partial charge in [-0.25, -0.2) is 17.4 Å². The fraction of sp³-hybridized carbons (Fsp3) is 0.769. The lowest BCUT2D eigenvalue weighted by molar-refractivity contribution is -0.175. The number of sulfone groups is 1. The van der Waals surface area contributed by atoms with Crippen molar-refractivity contribution in [2.75, 3.05) is 12.9 Å². The van der Waals surface area contributed by atoms with Gasteiger partial charge < -0.3 is 14.4 Å². The van der Waals surface area contributed by atoms with Crippen LogP contribution in [0.25, 0.3) is 0 Å². The summed E-state index contributed by atoms with van der Waals surface area (Å²) < 4.78 is 59.9. The van der Waals surface area contributed by atoms with Crippen molar-refractivity contribution in [2.45, 2.75) is 49.6 Å². The van der Waals surface area contributed by atoms with Gasteiger partial charge in [-0.2, -0.15) is 8.42 Å². The Balaban J connectivity index is 2.34. The normalized spacial score (nSPS) is 30.9. The van der Waals surface area contributed by atoms with E-state index in [4.69, 9.17) is 9.47 Å². The molecule has 2 aliphatic rings. The van der Waals surface area contributed by atoms with E-state index in [1.54, 1.807) is 0 Å². The van der Waals surface area contributed by atoms with E-state index in [-0.39, 0.29) is 6.42 Å². The molecule has 0 radical (unpaired) electrons. The van der Waals surface area contributed by atoms with E-state index in [1.165, 1.54) is 6.92 Å². The van der Waals surface area contributed by atoms with Crippen LogP contribution in [0.5, 0.6) is 0 Å². The lowest BCUT2D eigenvalue weighted by atomic mass is 9.97. The van der Waals surface area contributed by atoms with Crippen molar-refractivity contribution in [3.8, 4) is 0 Å². The van der Waals surface area contributed by atoms with Crippen LogP contribution in [0.3, 0.4) is 0 Å². The molecule has 2 saturated heterocycles. The summed E-state index contributed by atoms with van der Waals surface area (Å²) in [7, 11) is -7.99. The summed E-state index contributed by atoms with van der Waals surface area (Å²) >= 11 is 0. The van der Waals surface area contributed by atoms with Crippen LogP contribution in [-0.4, -0.2) is 74.9 Å². The Bertz CT molecular complexity index is 848. The summed E-state index contributed by atoms with van der Waals surface area (Å²) in [4.78, 5) is 36.4. The zero-order valence-corrected chi connectivity index (χ0v) is 16.1. The molecule has 2 fully saturated rings. The second-order valence-corrected chi connectivity index (χ2v) is 10.5. The third-order valence-electron chi connectivity index (χ3n) is 4.19. The summed E-state index contributed by atoms with van der Waals surface area (Å²) in [6, 6.07) is -1.59. The van der Waals surface area contributed by atoms with Gasteiger partial charge >= 0.3 is 11.9 Å². The molecule has 13 heteroatoms. The number of fused-ring (bicyclic) bond motifs is 1. The molecule has 0 aliphatic carbocycles. The Kier molecular flexibility index (Phi) is 5.11. The molecule has 2 rings (SSSR count). The van der Waals surface area contributed by atoms with Crippen LogP contribution in [0.15, 0.2) is 0 Å². The van der Waals surface area contributed by atoms with Gasteiger partial charge in [-0.05, 0) is 13.8 Å². The first kappa shape index (κ1) is 20.6. The highest BCUT2D eigenvalue weighted by molar-refractivity contribution is 7.94. The van der Waals surface area contributed by atoms with Gasteiger partial charge in [0, 0.05) is 6.92 Å². The Morgan fingerprint density at radius 2 is 1.96 bits per heavy atom. The number of esters is 2. The molecule has 26 heavy (non-hydrogen) atoms. The highest BCUT2D eigenvalue weighted by atomic mass is 32.2. The minimum absolute atomic E-state index is 0.294. The average Bonchev–Trinajstić information content (AvgIpc) is 2.58. The monoisotopic (exact) mass is 413 g/mol. The van der Waals surface area contributed by atoms with Crippen LogP contribution in [0.1, 0.15) is 27.2 Å². The number of carbonyl (C=O) groups excluding carboxylic acids is 3. The molecular weight excluding hydrogens is 394 g/mol. The summed E-state index contributed by atoms with van der Waals surface area (Å²) in [5, 5.41) is -1.22. The molecule has 0 aromatic carbocycles. The van der Waals surface area contributed by atoms with Crippen LogP contribution < -0.4 is 0 Å². The molecule has 2 heterocycles. The quantitative estimate of drug-likeness (QED) is 0.218. The number of hydrogen-bond donors (Lipinski definition) is 0. The van der Waals surface area contributed by atoms with Crippen LogP contribution in [0.4, 0.5) is 0 Å². The molecular formula is C13H19NO10S2. The molecule has 0 saturated carbocycles. The molecule has 0 bridgehead atoms. The summed E-state index contributed by atoms with van der Waals surface area (Å²) in [5.74, 6) is -2.51. The first-order valence-corrected chi connectivity index (χ1v) is 10.8. The summed E-state index contributed by atoms with van der Waals surface area (Å²) in [5.41, 5.74) is 0. The number of β-lactam (4-membered cyclic amide) rings is 1. The average molecular weight is 413 g/mol. The second-order valence-electron chi connectivity index (χ2n) is 6.31. The molecule has 148 valence electrons. The van der Waals surface area contributed by atoms with Crippen LogP contribution in [0, 0.1) is 0 Å². The van der Waals surface area contributed by atoms with Gasteiger partial charge in [0.05, 0.1) is 12.7 Å². The van der Waals surface area contributed by atoms with Crippen molar-refractivity contribution in [3.05, 3.63) is 0 Å². The molecule has 1 amide bonds. The number of hydrogen-bond acceptors (Lipinski definition) is 10. The van der Waals surface area contributed by atoms with E-state index in [0.29, 0.717) is 0 Å². The van der Waals surface area contributed by atoms with Gasteiger partial charge in [-0.1, -0.05) is 0 Å². The molecule has 0 N–H and O–H groups in total. The Morgan fingerprint density at radius 1 is 1.38 bits per heavy atom. The highest BCUT2D eigenvalue weighted by Gasteiger charge is 2.70. The van der Waals surface area contributed by atoms with Crippen LogP contribution >= 0.6 is 0 Å². The van der Waals surface area contributed by atoms with Gasteiger partial charge in [0.15, 0.2) is 15.9 Å². The van der Waals surface area contributed by atoms with Crippen molar-refractivity contribution in [3.63, 3.8) is 0 Å². The highest BCUT2D eigenvalue weighted by Crippen LogP contribution is 2.46. The molecule has 0 spiro atoms. The van der Waals surface area contributed by atoms with Crippen molar-refractivity contribution in [1.29, 1.82) is 0 Å². The number of ether oxygens (including phenoxy) is 2. The van der Waals surface area contributed by atoms with Gasteiger partial charge in [-0.3, -0.25) is 9.59 Å². The number of carbonyl (C=O) groups is 3. The molecule has 1 unspecified atom stereocenters. The lowest BCUT2D eigenvalue weighted by Crippen LogP contribution is -2.59. The third-order valence-corrected chi connectivity index (χ3v) is 7.56. The maximum Gasteiger partial charge on any atom is 0.333 e. The van der Waals surface area contributed by atoms with Crippen LogP contribution in [-0.2, 0) is 48.0 Å². The summed E-state index contributed by atoms with van der Waals surface area (Å²) in [6.07, 6.45) is -1.08. The van der Waals surface area contributed by atoms with Crippen molar-refractivity contribution in [1.82, 2.24) is 4.90 Å². The lowest BCUT2D eigenvalue weighted by Gasteiger charge is -2.36. The smallest absolute Gasteiger partial charge is 0.333 e. The predicted molar refractivity (Wildman–Crippen MR) is 84.5 cm³/mol. The van der Waals surface area contributed by atoms with Crippen molar-refractivity contribution in [2.24, 2.45) is 0 Å². The maximum atomic E-state index is 12.7. The van der Waals surface area contributed by atoms with Crippen LogP contribution in [0.2, 0.25) is 0 Å². The Hall–Kier alpha value is -1.73. The molecule has 0 aromatic rings. The SMILES string of the molecule is CC(=O)OC[C@@]1(C)[C@H](C(=O)OC(C)OS(C)(=O)=O)N2C(=O)C[C@H]2S1(=O)=O. The number of amides is 1. The largest absolute Gasteiger partial charge is 0.464 e. The second kappa shape index (κ2) is 6.46. The van der Waals surface area contributed by atoms with E-state index in [2.05, 4.69) is 4.18 Å². The van der Waals surface area contributed by atoms with Crippen molar-refractivity contribution < 1.29 is 44.9 Å². The van der Waals surface area contributed by atoms with Gasteiger partial charge in [0.1, 0.15) is 16.7 Å². The van der Waals surface area contributed by atoms with Crippen molar-refractivity contribution >= 4 is 37.8 Å². The Labute approximate surface area is 150 Å². The fourth-order valence-electron chi connectivity index (χ4n) is 2.99. The minimum atomic E-state index is -4.05. The summed E-state index contributed by atoms with van der Waals surface area (Å²) in [6.45, 7) is 2.71. The fourth-order valence-corrected chi connectivity index (χ4v) is 5.79. The number of nitrogens with zero attached hydrogens (tertiary/aromatic N) is 1. The van der Waals surface area contributed by atoms with E-state index < -0.39 is 66.9 Å². The van der Waals surface area contributed by atoms with Gasteiger partial charge in [0.2, 0.25) is 12.2 Å². The first-order chi connectivity index (χ1) is 11.7. The third kappa shape index (κ3) is 3.42. The van der Waals surface area contributed by atoms with E-state index in [1.807, 2.05) is 0 Å².